The van der Waals surface area contributed by atoms with Gasteiger partial charge in [-0.3, -0.25) is 28.7 Å². The largest absolute Gasteiger partial charge is 0.455 e. The van der Waals surface area contributed by atoms with Gasteiger partial charge in [-0.05, 0) is 62.5 Å². The highest BCUT2D eigenvalue weighted by atomic mass is 32.2. The van der Waals surface area contributed by atoms with E-state index in [1.165, 1.54) is 6.92 Å². The number of sulfonamides is 1. The molecule has 1 aliphatic heterocycles. The molecular weight excluding hydrogens is 757 g/mol. The number of thiazole rings is 1. The summed E-state index contributed by atoms with van der Waals surface area (Å²) in [7, 11) is -2.02. The lowest BCUT2D eigenvalue weighted by molar-refractivity contribution is -0.149. The number of aromatic nitrogens is 1. The molecule has 1 saturated carbocycles. The minimum Gasteiger partial charge on any atom is -0.455 e. The van der Waals surface area contributed by atoms with Crippen LogP contribution < -0.4 is 20.7 Å². The zero-order valence-electron chi connectivity index (χ0n) is 33.7. The van der Waals surface area contributed by atoms with Crippen LogP contribution in [0.25, 0.3) is 0 Å². The first-order valence-electron chi connectivity index (χ1n) is 19.8. The van der Waals surface area contributed by atoms with Gasteiger partial charge in [-0.2, -0.15) is 0 Å². The van der Waals surface area contributed by atoms with Gasteiger partial charge in [0.05, 0.1) is 11.3 Å². The number of hydrogen-bond acceptors (Lipinski definition) is 11. The summed E-state index contributed by atoms with van der Waals surface area (Å²) in [6.45, 7) is 11.5. The topological polar surface area (TPSA) is 193 Å². The first-order valence-corrected chi connectivity index (χ1v) is 22.3. The van der Waals surface area contributed by atoms with Crippen LogP contribution in [0.15, 0.2) is 35.7 Å². The maximum atomic E-state index is 14.2. The lowest BCUT2D eigenvalue weighted by Crippen LogP contribution is -2.57. The molecule has 4 rings (SSSR count). The van der Waals surface area contributed by atoms with Crippen molar-refractivity contribution in [1.29, 1.82) is 0 Å². The number of nitrogens with zero attached hydrogens (tertiary/aromatic N) is 2. The third-order valence-electron chi connectivity index (χ3n) is 10.8. The van der Waals surface area contributed by atoms with Crippen molar-refractivity contribution in [3.63, 3.8) is 0 Å². The molecule has 0 radical (unpaired) electrons. The Morgan fingerprint density at radius 1 is 1.00 bits per heavy atom. The molecule has 0 unspecified atom stereocenters. The van der Waals surface area contributed by atoms with Crippen molar-refractivity contribution in [2.24, 2.45) is 17.8 Å². The molecule has 1 aromatic heterocycles. The van der Waals surface area contributed by atoms with E-state index in [2.05, 4.69) is 25.7 Å². The van der Waals surface area contributed by atoms with E-state index in [-0.39, 0.29) is 48.2 Å². The number of benzene rings is 1. The zero-order valence-corrected chi connectivity index (χ0v) is 35.3. The first-order chi connectivity index (χ1) is 26.5. The lowest BCUT2D eigenvalue weighted by atomic mass is 9.92. The van der Waals surface area contributed by atoms with E-state index in [1.807, 2.05) is 58.0 Å². The summed E-state index contributed by atoms with van der Waals surface area (Å²) in [5.41, 5.74) is 1.01. The monoisotopic (exact) mass is 816 g/mol. The van der Waals surface area contributed by atoms with E-state index in [4.69, 9.17) is 4.74 Å². The molecule has 2 aliphatic rings. The molecule has 1 saturated heterocycles. The van der Waals surface area contributed by atoms with Gasteiger partial charge in [0, 0.05) is 43.8 Å². The van der Waals surface area contributed by atoms with Gasteiger partial charge in [-0.15, -0.1) is 11.3 Å². The summed E-state index contributed by atoms with van der Waals surface area (Å²) in [6, 6.07) is 7.40. The molecule has 1 aliphatic carbocycles. The van der Waals surface area contributed by atoms with Gasteiger partial charge in [-0.1, -0.05) is 77.8 Å². The maximum absolute atomic E-state index is 14.2. The van der Waals surface area contributed by atoms with E-state index < -0.39 is 63.2 Å². The molecule has 4 amide bonds. The standard InChI is InChI=1S/C40H60N6O8S2/c1-8-25(4)35(44-37(49)31-16-12-13-19-41-31)40(51)46(7)33(24(2)3)22-34(54-27(6)47)39-43-32(23-55-39)38(50)42-29(21-28-14-10-9-11-15-28)20-26(5)36(48)45-56(52,53)30-17-18-30/h9-11,14-15,23-26,29-31,33-35,41H,8,12-13,16-22H2,1-7H3,(H,42,50)(H,44,49)(H,45,48)/t25-,26-,29+,31+,33+,34+,35-/m0/s1. The smallest absolute Gasteiger partial charge is 0.303 e. The Morgan fingerprint density at radius 3 is 2.29 bits per heavy atom. The molecule has 4 N–H and O–H groups in total. The first kappa shape index (κ1) is 44.8. The fourth-order valence-corrected chi connectivity index (χ4v) is 9.26. The summed E-state index contributed by atoms with van der Waals surface area (Å²) in [5, 5.41) is 10.7. The number of piperidine rings is 1. The number of carbonyl (C=O) groups is 5. The molecule has 14 nitrogen and oxygen atoms in total. The normalized spacial score (nSPS) is 19.1. The Bertz CT molecular complexity index is 1760. The highest BCUT2D eigenvalue weighted by Gasteiger charge is 2.39. The predicted molar refractivity (Wildman–Crippen MR) is 215 cm³/mol. The third-order valence-corrected chi connectivity index (χ3v) is 13.5. The summed E-state index contributed by atoms with van der Waals surface area (Å²) >= 11 is 1.16. The van der Waals surface area contributed by atoms with Crippen molar-refractivity contribution in [3.05, 3.63) is 52.0 Å². The molecule has 7 atom stereocenters. The van der Waals surface area contributed by atoms with Crippen LogP contribution in [-0.2, 0) is 40.4 Å². The summed E-state index contributed by atoms with van der Waals surface area (Å²) < 4.78 is 32.8. The molecule has 16 heteroatoms. The molecule has 2 fully saturated rings. The van der Waals surface area contributed by atoms with Crippen molar-refractivity contribution >= 4 is 51.0 Å². The van der Waals surface area contributed by atoms with Gasteiger partial charge in [-0.25, -0.2) is 13.4 Å². The fraction of sp³-hybridized carbons (Fsp3) is 0.650. The number of rotatable bonds is 20. The van der Waals surface area contributed by atoms with Crippen LogP contribution in [-0.4, -0.2) is 90.9 Å². The highest BCUT2D eigenvalue weighted by molar-refractivity contribution is 7.90. The SMILES string of the molecule is CC[C@H](C)[C@H](NC(=O)[C@H]1CCCCN1)C(=O)N(C)[C@H](C[C@@H](OC(C)=O)c1nc(C(=O)N[C@@H](Cc2ccccc2)C[C@H](C)C(=O)NS(=O)(=O)C2CC2)cs1)C(C)C. The number of ether oxygens (including phenoxy) is 1. The van der Waals surface area contributed by atoms with E-state index in [0.717, 1.165) is 36.3 Å². The highest BCUT2D eigenvalue weighted by Crippen LogP contribution is 2.31. The average molecular weight is 817 g/mol. The van der Waals surface area contributed by atoms with Gasteiger partial charge < -0.3 is 25.6 Å². The maximum Gasteiger partial charge on any atom is 0.303 e. The second kappa shape index (κ2) is 20.5. The van der Waals surface area contributed by atoms with Gasteiger partial charge in [0.25, 0.3) is 5.91 Å². The number of carbonyl (C=O) groups excluding carboxylic acids is 5. The van der Waals surface area contributed by atoms with E-state index in [1.54, 1.807) is 24.3 Å². The van der Waals surface area contributed by atoms with Crippen molar-refractivity contribution in [2.75, 3.05) is 13.6 Å². The minimum atomic E-state index is -3.72. The van der Waals surface area contributed by atoms with E-state index in [9.17, 15) is 32.4 Å². The number of hydrogen-bond donors (Lipinski definition) is 4. The second-order valence-electron chi connectivity index (χ2n) is 15.7. The average Bonchev–Trinajstić information content (AvgIpc) is 3.92. The van der Waals surface area contributed by atoms with Gasteiger partial charge in [0.2, 0.25) is 27.7 Å². The van der Waals surface area contributed by atoms with Gasteiger partial charge in [0.15, 0.2) is 6.10 Å². The third kappa shape index (κ3) is 12.8. The van der Waals surface area contributed by atoms with Gasteiger partial charge >= 0.3 is 5.97 Å². The van der Waals surface area contributed by atoms with Gasteiger partial charge in [0.1, 0.15) is 16.7 Å². The Morgan fingerprint density at radius 2 is 1.70 bits per heavy atom. The van der Waals surface area contributed by atoms with Crippen molar-refractivity contribution in [1.82, 2.24) is 30.6 Å². The van der Waals surface area contributed by atoms with Crippen LogP contribution in [0.2, 0.25) is 0 Å². The lowest BCUT2D eigenvalue weighted by Gasteiger charge is -2.37. The summed E-state index contributed by atoms with van der Waals surface area (Å²) in [6.07, 6.45) is 4.29. The molecule has 1 aromatic carbocycles. The van der Waals surface area contributed by atoms with Crippen LogP contribution in [0, 0.1) is 17.8 Å². The predicted octanol–water partition coefficient (Wildman–Crippen LogP) is 4.27. The number of nitrogens with one attached hydrogen (secondary N) is 4. The van der Waals surface area contributed by atoms with E-state index >= 15 is 0 Å². The Balaban J connectivity index is 1.50. The number of esters is 1. The van der Waals surface area contributed by atoms with Crippen LogP contribution in [0.4, 0.5) is 0 Å². The summed E-state index contributed by atoms with van der Waals surface area (Å²) in [4.78, 5) is 72.7. The molecular formula is C40H60N6O8S2. The molecule has 310 valence electrons. The van der Waals surface area contributed by atoms with Crippen molar-refractivity contribution in [2.45, 2.75) is 135 Å². The van der Waals surface area contributed by atoms with Crippen LogP contribution in [0.3, 0.4) is 0 Å². The minimum absolute atomic E-state index is 0.0739. The number of likely N-dealkylation sites (N-methyl/N-ethyl adjacent to an activating group) is 1. The summed E-state index contributed by atoms with van der Waals surface area (Å²) in [5.74, 6) is -3.01. The molecule has 0 bridgehead atoms. The second-order valence-corrected chi connectivity index (χ2v) is 18.6. The van der Waals surface area contributed by atoms with Crippen molar-refractivity contribution < 1.29 is 37.1 Å². The Hall–Kier alpha value is -3.89. The number of amides is 4. The van der Waals surface area contributed by atoms with Crippen LogP contribution in [0.5, 0.6) is 0 Å². The quantitative estimate of drug-likeness (QED) is 0.140. The Labute approximate surface area is 335 Å². The van der Waals surface area contributed by atoms with Crippen molar-refractivity contribution in [3.8, 4) is 0 Å². The molecule has 0 spiro atoms. The van der Waals surface area contributed by atoms with Crippen LogP contribution in [0.1, 0.15) is 120 Å². The van der Waals surface area contributed by atoms with E-state index in [0.29, 0.717) is 37.1 Å². The Kier molecular flexibility index (Phi) is 16.4. The zero-order chi connectivity index (χ0) is 41.2. The molecule has 56 heavy (non-hydrogen) atoms. The van der Waals surface area contributed by atoms with Crippen LogP contribution >= 0.6 is 11.3 Å². The molecule has 2 heterocycles. The molecule has 2 aromatic rings. The fourth-order valence-electron chi connectivity index (χ4n) is 7.02.